The Labute approximate surface area is 124 Å². The molecule has 3 nitrogen and oxygen atoms in total. The molecule has 0 bridgehead atoms. The predicted molar refractivity (Wildman–Crippen MR) is 81.7 cm³/mol. The van der Waals surface area contributed by atoms with E-state index in [1.165, 1.54) is 5.56 Å². The molecule has 0 saturated carbocycles. The van der Waals surface area contributed by atoms with Gasteiger partial charge in [-0.3, -0.25) is 0 Å². The molecule has 1 saturated heterocycles. The number of hydrogen-bond acceptors (Lipinski definition) is 4. The zero-order chi connectivity index (χ0) is 13.8. The van der Waals surface area contributed by atoms with Gasteiger partial charge in [0.25, 0.3) is 0 Å². The van der Waals surface area contributed by atoms with E-state index in [9.17, 15) is 0 Å². The average molecular weight is 288 g/mol. The minimum absolute atomic E-state index is 0.236. The van der Waals surface area contributed by atoms with Crippen LogP contribution >= 0.6 is 11.3 Å². The quantitative estimate of drug-likeness (QED) is 0.907. The largest absolute Gasteiger partial charge is 0.371 e. The molecule has 3 rings (SSSR count). The summed E-state index contributed by atoms with van der Waals surface area (Å²) in [4.78, 5) is 4.69. The number of thiazole rings is 1. The topological polar surface area (TPSA) is 34.1 Å². The van der Waals surface area contributed by atoms with E-state index in [2.05, 4.69) is 46.9 Å². The van der Waals surface area contributed by atoms with E-state index in [4.69, 9.17) is 4.74 Å². The second-order valence-electron chi connectivity index (χ2n) is 5.19. The summed E-state index contributed by atoms with van der Waals surface area (Å²) in [6.07, 6.45) is 2.50. The molecule has 1 aliphatic rings. The highest BCUT2D eigenvalue weighted by atomic mass is 32.1. The summed E-state index contributed by atoms with van der Waals surface area (Å²) in [5.41, 5.74) is 2.42. The summed E-state index contributed by atoms with van der Waals surface area (Å²) in [6, 6.07) is 10.8. The first-order chi connectivity index (χ1) is 9.83. The summed E-state index contributed by atoms with van der Waals surface area (Å²) in [5, 5.41) is 6.79. The van der Waals surface area contributed by atoms with Crippen LogP contribution in [0.25, 0.3) is 0 Å². The molecule has 2 heterocycles. The fraction of sp³-hybridized carbons (Fsp3) is 0.438. The van der Waals surface area contributed by atoms with Crippen LogP contribution in [0.15, 0.2) is 35.7 Å². The highest BCUT2D eigenvalue weighted by molar-refractivity contribution is 7.09. The zero-order valence-corrected chi connectivity index (χ0v) is 12.5. The molecule has 2 atom stereocenters. The van der Waals surface area contributed by atoms with Gasteiger partial charge in [-0.05, 0) is 25.3 Å². The SMILES string of the molecule is C[C@@H](NCc1csc([C@@H]2CCCO2)n1)c1ccccc1. The molecule has 1 aromatic heterocycles. The highest BCUT2D eigenvalue weighted by Gasteiger charge is 2.20. The lowest BCUT2D eigenvalue weighted by Crippen LogP contribution is -2.18. The van der Waals surface area contributed by atoms with E-state index < -0.39 is 0 Å². The highest BCUT2D eigenvalue weighted by Crippen LogP contribution is 2.30. The number of hydrogen-bond donors (Lipinski definition) is 1. The number of benzene rings is 1. The third kappa shape index (κ3) is 3.26. The van der Waals surface area contributed by atoms with E-state index in [1.807, 2.05) is 6.07 Å². The molecule has 1 fully saturated rings. The second kappa shape index (κ2) is 6.48. The van der Waals surface area contributed by atoms with Crippen molar-refractivity contribution < 1.29 is 4.74 Å². The van der Waals surface area contributed by atoms with E-state index in [-0.39, 0.29) is 6.10 Å². The van der Waals surface area contributed by atoms with Gasteiger partial charge in [-0.1, -0.05) is 30.3 Å². The maximum atomic E-state index is 5.67. The molecule has 0 unspecified atom stereocenters. The van der Waals surface area contributed by atoms with Gasteiger partial charge in [-0.25, -0.2) is 4.98 Å². The Kier molecular flexibility index (Phi) is 4.45. The number of aromatic nitrogens is 1. The standard InChI is InChI=1S/C16H20N2OS/c1-12(13-6-3-2-4-7-13)17-10-14-11-20-16(18-14)15-8-5-9-19-15/h2-4,6-7,11-12,15,17H,5,8-10H2,1H3/t12-,15+/m1/s1. The summed E-state index contributed by atoms with van der Waals surface area (Å²) < 4.78 is 5.67. The second-order valence-corrected chi connectivity index (χ2v) is 6.08. The van der Waals surface area contributed by atoms with Crippen LogP contribution in [0.1, 0.15) is 48.2 Å². The molecule has 1 aromatic carbocycles. The van der Waals surface area contributed by atoms with E-state index in [0.29, 0.717) is 6.04 Å². The van der Waals surface area contributed by atoms with Gasteiger partial charge in [-0.2, -0.15) is 0 Å². The number of rotatable bonds is 5. The summed E-state index contributed by atoms with van der Waals surface area (Å²) in [7, 11) is 0. The molecule has 4 heteroatoms. The number of nitrogens with one attached hydrogen (secondary N) is 1. The Morgan fingerprint density at radius 2 is 2.25 bits per heavy atom. The van der Waals surface area contributed by atoms with Crippen LogP contribution in [-0.2, 0) is 11.3 Å². The van der Waals surface area contributed by atoms with Gasteiger partial charge in [0.2, 0.25) is 0 Å². The lowest BCUT2D eigenvalue weighted by molar-refractivity contribution is 0.111. The van der Waals surface area contributed by atoms with Crippen LogP contribution in [0.4, 0.5) is 0 Å². The van der Waals surface area contributed by atoms with Gasteiger partial charge in [-0.15, -0.1) is 11.3 Å². The minimum Gasteiger partial charge on any atom is -0.371 e. The van der Waals surface area contributed by atoms with Crippen molar-refractivity contribution in [2.75, 3.05) is 6.61 Å². The van der Waals surface area contributed by atoms with Crippen molar-refractivity contribution in [2.45, 2.75) is 38.5 Å². The van der Waals surface area contributed by atoms with Crippen LogP contribution in [0, 0.1) is 0 Å². The Morgan fingerprint density at radius 3 is 3.00 bits per heavy atom. The first-order valence-corrected chi connectivity index (χ1v) is 8.05. The number of nitrogens with zero attached hydrogens (tertiary/aromatic N) is 1. The van der Waals surface area contributed by atoms with Gasteiger partial charge < -0.3 is 10.1 Å². The monoisotopic (exact) mass is 288 g/mol. The van der Waals surface area contributed by atoms with E-state index in [1.54, 1.807) is 11.3 Å². The summed E-state index contributed by atoms with van der Waals surface area (Å²) >= 11 is 1.72. The minimum atomic E-state index is 0.236. The molecule has 0 radical (unpaired) electrons. The van der Waals surface area contributed by atoms with Crippen LogP contribution in [0.2, 0.25) is 0 Å². The van der Waals surface area contributed by atoms with Crippen LogP contribution in [0.3, 0.4) is 0 Å². The third-order valence-electron chi connectivity index (χ3n) is 3.66. The van der Waals surface area contributed by atoms with E-state index in [0.717, 1.165) is 36.7 Å². The first-order valence-electron chi connectivity index (χ1n) is 7.17. The van der Waals surface area contributed by atoms with Crippen LogP contribution < -0.4 is 5.32 Å². The zero-order valence-electron chi connectivity index (χ0n) is 11.7. The van der Waals surface area contributed by atoms with Gasteiger partial charge >= 0.3 is 0 Å². The van der Waals surface area contributed by atoms with Crippen molar-refractivity contribution in [1.29, 1.82) is 0 Å². The van der Waals surface area contributed by atoms with E-state index >= 15 is 0 Å². The number of ether oxygens (including phenoxy) is 1. The van der Waals surface area contributed by atoms with Crippen LogP contribution in [0.5, 0.6) is 0 Å². The van der Waals surface area contributed by atoms with Gasteiger partial charge in [0, 0.05) is 24.6 Å². The predicted octanol–water partition coefficient (Wildman–Crippen LogP) is 3.85. The first kappa shape index (κ1) is 13.7. The Hall–Kier alpha value is -1.23. The molecular formula is C16H20N2OS. The van der Waals surface area contributed by atoms with Crippen molar-refractivity contribution >= 4 is 11.3 Å². The smallest absolute Gasteiger partial charge is 0.122 e. The van der Waals surface area contributed by atoms with Crippen molar-refractivity contribution in [3.8, 4) is 0 Å². The van der Waals surface area contributed by atoms with Crippen LogP contribution in [-0.4, -0.2) is 11.6 Å². The molecule has 1 aliphatic heterocycles. The van der Waals surface area contributed by atoms with Crippen molar-refractivity contribution in [1.82, 2.24) is 10.3 Å². The molecule has 20 heavy (non-hydrogen) atoms. The molecule has 0 aliphatic carbocycles. The Bertz CT molecular complexity index is 534. The average Bonchev–Trinajstić information content (AvgIpc) is 3.16. The van der Waals surface area contributed by atoms with Crippen molar-refractivity contribution in [3.05, 3.63) is 52.0 Å². The maximum absolute atomic E-state index is 5.67. The fourth-order valence-corrected chi connectivity index (χ4v) is 3.34. The van der Waals surface area contributed by atoms with Gasteiger partial charge in [0.1, 0.15) is 11.1 Å². The molecule has 106 valence electrons. The lowest BCUT2D eigenvalue weighted by Gasteiger charge is -2.13. The van der Waals surface area contributed by atoms with Gasteiger partial charge in [0.05, 0.1) is 5.69 Å². The normalized spacial score (nSPS) is 20.1. The maximum Gasteiger partial charge on any atom is 0.122 e. The molecule has 0 spiro atoms. The fourth-order valence-electron chi connectivity index (χ4n) is 2.44. The van der Waals surface area contributed by atoms with Crippen molar-refractivity contribution in [2.24, 2.45) is 0 Å². The lowest BCUT2D eigenvalue weighted by atomic mass is 10.1. The molecule has 2 aromatic rings. The van der Waals surface area contributed by atoms with Gasteiger partial charge in [0.15, 0.2) is 0 Å². The molecule has 1 N–H and O–H groups in total. The Morgan fingerprint density at radius 1 is 1.40 bits per heavy atom. The molecular weight excluding hydrogens is 268 g/mol. The Balaban J connectivity index is 1.56. The third-order valence-corrected chi connectivity index (χ3v) is 4.65. The van der Waals surface area contributed by atoms with Crippen molar-refractivity contribution in [3.63, 3.8) is 0 Å². The molecule has 0 amide bonds. The summed E-state index contributed by atoms with van der Waals surface area (Å²) in [5.74, 6) is 0. The summed E-state index contributed by atoms with van der Waals surface area (Å²) in [6.45, 7) is 3.87.